The van der Waals surface area contributed by atoms with Gasteiger partial charge < -0.3 is 15.0 Å². The van der Waals surface area contributed by atoms with Gasteiger partial charge in [-0.2, -0.15) is 0 Å². The van der Waals surface area contributed by atoms with Crippen molar-refractivity contribution in [3.63, 3.8) is 0 Å². The summed E-state index contributed by atoms with van der Waals surface area (Å²) in [5.41, 5.74) is 1.13. The number of hydrogen-bond acceptors (Lipinski definition) is 5. The minimum atomic E-state index is -0.494. The first-order valence-corrected chi connectivity index (χ1v) is 8.47. The summed E-state index contributed by atoms with van der Waals surface area (Å²) in [5.74, 6) is 0.916. The van der Waals surface area contributed by atoms with Gasteiger partial charge in [0, 0.05) is 37.7 Å². The highest BCUT2D eigenvalue weighted by atomic mass is 16.6. The SMILES string of the molecule is CC(C)c1nc2c(c(=O)[nH]1)CCN(CCNC(=O)OC(C)(C)C)C2. The van der Waals surface area contributed by atoms with Crippen LogP contribution in [0.4, 0.5) is 4.79 Å². The van der Waals surface area contributed by atoms with Crippen LogP contribution in [0, 0.1) is 0 Å². The summed E-state index contributed by atoms with van der Waals surface area (Å²) in [4.78, 5) is 33.5. The van der Waals surface area contributed by atoms with Gasteiger partial charge in [0.2, 0.25) is 0 Å². The minimum Gasteiger partial charge on any atom is -0.444 e. The van der Waals surface area contributed by atoms with Gasteiger partial charge in [0.05, 0.1) is 5.69 Å². The second kappa shape index (κ2) is 7.34. The van der Waals surface area contributed by atoms with Gasteiger partial charge in [-0.25, -0.2) is 9.78 Å². The summed E-state index contributed by atoms with van der Waals surface area (Å²) in [6, 6.07) is 0. The number of fused-ring (bicyclic) bond motifs is 1. The van der Waals surface area contributed by atoms with Crippen LogP contribution in [0.5, 0.6) is 0 Å². The van der Waals surface area contributed by atoms with Gasteiger partial charge in [-0.15, -0.1) is 0 Å². The fraction of sp³-hybridized carbons (Fsp3) is 0.706. The van der Waals surface area contributed by atoms with Crippen molar-refractivity contribution in [1.29, 1.82) is 0 Å². The summed E-state index contributed by atoms with van der Waals surface area (Å²) >= 11 is 0. The third-order valence-corrected chi connectivity index (χ3v) is 3.81. The molecule has 0 fully saturated rings. The van der Waals surface area contributed by atoms with Gasteiger partial charge in [0.25, 0.3) is 5.56 Å². The zero-order valence-corrected chi connectivity index (χ0v) is 15.2. The number of carbonyl (C=O) groups excluding carboxylic acids is 1. The smallest absolute Gasteiger partial charge is 0.407 e. The van der Waals surface area contributed by atoms with Crippen LogP contribution in [0.2, 0.25) is 0 Å². The van der Waals surface area contributed by atoms with Gasteiger partial charge in [0.15, 0.2) is 0 Å². The lowest BCUT2D eigenvalue weighted by atomic mass is 10.1. The number of nitrogens with one attached hydrogen (secondary N) is 2. The highest BCUT2D eigenvalue weighted by Gasteiger charge is 2.22. The summed E-state index contributed by atoms with van der Waals surface area (Å²) < 4.78 is 5.21. The van der Waals surface area contributed by atoms with E-state index in [9.17, 15) is 9.59 Å². The molecule has 1 aliphatic rings. The van der Waals surface area contributed by atoms with Crippen molar-refractivity contribution in [3.8, 4) is 0 Å². The van der Waals surface area contributed by atoms with Crippen molar-refractivity contribution in [3.05, 3.63) is 27.4 Å². The van der Waals surface area contributed by atoms with Crippen LogP contribution >= 0.6 is 0 Å². The number of amides is 1. The molecule has 1 aromatic heterocycles. The molecule has 2 heterocycles. The maximum Gasteiger partial charge on any atom is 0.407 e. The molecule has 134 valence electrons. The van der Waals surface area contributed by atoms with Crippen LogP contribution in [0.25, 0.3) is 0 Å². The molecule has 1 aliphatic heterocycles. The molecule has 0 aromatic carbocycles. The van der Waals surface area contributed by atoms with E-state index >= 15 is 0 Å². The van der Waals surface area contributed by atoms with Gasteiger partial charge in [-0.1, -0.05) is 13.8 Å². The molecule has 0 saturated carbocycles. The van der Waals surface area contributed by atoms with Crippen LogP contribution in [0.3, 0.4) is 0 Å². The number of rotatable bonds is 4. The molecular formula is C17H28N4O3. The first kappa shape index (κ1) is 18.4. The lowest BCUT2D eigenvalue weighted by molar-refractivity contribution is 0.0521. The van der Waals surface area contributed by atoms with Crippen molar-refractivity contribution >= 4 is 6.09 Å². The number of aromatic nitrogens is 2. The molecule has 0 bridgehead atoms. The topological polar surface area (TPSA) is 87.3 Å². The molecule has 2 N–H and O–H groups in total. The molecule has 24 heavy (non-hydrogen) atoms. The monoisotopic (exact) mass is 336 g/mol. The molecule has 0 saturated heterocycles. The Morgan fingerprint density at radius 1 is 1.42 bits per heavy atom. The van der Waals surface area contributed by atoms with E-state index in [0.717, 1.165) is 23.6 Å². The van der Waals surface area contributed by atoms with Gasteiger partial charge in [-0.3, -0.25) is 9.69 Å². The average molecular weight is 336 g/mol. The molecule has 7 heteroatoms. The summed E-state index contributed by atoms with van der Waals surface area (Å²) in [6.45, 7) is 12.2. The van der Waals surface area contributed by atoms with Crippen LogP contribution in [-0.2, 0) is 17.7 Å². The Balaban J connectivity index is 1.91. The van der Waals surface area contributed by atoms with E-state index < -0.39 is 11.7 Å². The number of H-pyrrole nitrogens is 1. The zero-order chi connectivity index (χ0) is 17.9. The first-order valence-electron chi connectivity index (χ1n) is 8.47. The third-order valence-electron chi connectivity index (χ3n) is 3.81. The normalized spacial score (nSPS) is 15.2. The predicted octanol–water partition coefficient (Wildman–Crippen LogP) is 1.78. The quantitative estimate of drug-likeness (QED) is 0.875. The van der Waals surface area contributed by atoms with Crippen molar-refractivity contribution in [1.82, 2.24) is 20.2 Å². The van der Waals surface area contributed by atoms with Gasteiger partial charge >= 0.3 is 6.09 Å². The van der Waals surface area contributed by atoms with Gasteiger partial charge in [0.1, 0.15) is 11.4 Å². The fourth-order valence-corrected chi connectivity index (χ4v) is 2.61. The number of nitrogens with zero attached hydrogens (tertiary/aromatic N) is 2. The molecule has 2 rings (SSSR count). The summed E-state index contributed by atoms with van der Waals surface area (Å²) in [7, 11) is 0. The van der Waals surface area contributed by atoms with E-state index in [2.05, 4.69) is 20.2 Å². The second-order valence-electron chi connectivity index (χ2n) is 7.49. The molecule has 1 aromatic rings. The summed E-state index contributed by atoms with van der Waals surface area (Å²) in [5, 5.41) is 2.76. The number of alkyl carbamates (subject to hydrolysis) is 1. The van der Waals surface area contributed by atoms with Crippen molar-refractivity contribution in [2.45, 2.75) is 59.1 Å². The predicted molar refractivity (Wildman–Crippen MR) is 92.2 cm³/mol. The maximum absolute atomic E-state index is 12.1. The van der Waals surface area contributed by atoms with Crippen molar-refractivity contribution < 1.29 is 9.53 Å². The lowest BCUT2D eigenvalue weighted by Gasteiger charge is -2.28. The summed E-state index contributed by atoms with van der Waals surface area (Å²) in [6.07, 6.45) is 0.277. The molecule has 0 aliphatic carbocycles. The molecule has 0 radical (unpaired) electrons. The van der Waals surface area contributed by atoms with Crippen LogP contribution in [0.1, 0.15) is 57.6 Å². The van der Waals surface area contributed by atoms with E-state index in [1.165, 1.54) is 0 Å². The van der Waals surface area contributed by atoms with E-state index in [0.29, 0.717) is 26.1 Å². The van der Waals surface area contributed by atoms with E-state index in [1.54, 1.807) is 0 Å². The molecule has 0 spiro atoms. The van der Waals surface area contributed by atoms with Crippen molar-refractivity contribution in [2.24, 2.45) is 0 Å². The van der Waals surface area contributed by atoms with Crippen LogP contribution in [0.15, 0.2) is 4.79 Å². The van der Waals surface area contributed by atoms with Crippen LogP contribution in [-0.4, -0.2) is 46.2 Å². The number of hydrogen-bond donors (Lipinski definition) is 2. The maximum atomic E-state index is 12.1. The third kappa shape index (κ3) is 5.06. The fourth-order valence-electron chi connectivity index (χ4n) is 2.61. The largest absolute Gasteiger partial charge is 0.444 e. The standard InChI is InChI=1S/C17H28N4O3/c1-11(2)14-19-13-10-21(8-6-12(13)15(22)20-14)9-7-18-16(23)24-17(3,4)5/h11H,6-10H2,1-5H3,(H,18,23)(H,19,20,22). The average Bonchev–Trinajstić information content (AvgIpc) is 2.44. The van der Waals surface area contributed by atoms with Crippen LogP contribution < -0.4 is 10.9 Å². The highest BCUT2D eigenvalue weighted by molar-refractivity contribution is 5.67. The van der Waals surface area contributed by atoms with E-state index in [1.807, 2.05) is 34.6 Å². The van der Waals surface area contributed by atoms with Gasteiger partial charge in [-0.05, 0) is 27.2 Å². The minimum absolute atomic E-state index is 0.0183. The van der Waals surface area contributed by atoms with E-state index in [-0.39, 0.29) is 11.5 Å². The van der Waals surface area contributed by atoms with E-state index in [4.69, 9.17) is 4.74 Å². The Morgan fingerprint density at radius 2 is 2.12 bits per heavy atom. The Morgan fingerprint density at radius 3 is 2.75 bits per heavy atom. The molecule has 0 unspecified atom stereocenters. The highest BCUT2D eigenvalue weighted by Crippen LogP contribution is 2.16. The Kier molecular flexibility index (Phi) is 5.64. The zero-order valence-electron chi connectivity index (χ0n) is 15.2. The number of ether oxygens (including phenoxy) is 1. The molecule has 0 atom stereocenters. The lowest BCUT2D eigenvalue weighted by Crippen LogP contribution is -2.41. The molecule has 7 nitrogen and oxygen atoms in total. The first-order chi connectivity index (χ1) is 11.2. The molecule has 1 amide bonds. The Bertz CT molecular complexity index is 646. The number of aromatic amines is 1. The second-order valence-corrected chi connectivity index (χ2v) is 7.49. The Labute approximate surface area is 142 Å². The Hall–Kier alpha value is -1.89. The molecular weight excluding hydrogens is 308 g/mol. The number of carbonyl (C=O) groups is 1. The van der Waals surface area contributed by atoms with Crippen molar-refractivity contribution in [2.75, 3.05) is 19.6 Å².